The number of nitrogens with zero attached hydrogens (tertiary/aromatic N) is 2. The topological polar surface area (TPSA) is 68.2 Å². The van der Waals surface area contributed by atoms with E-state index in [9.17, 15) is 9.59 Å². The number of halogens is 2. The molecule has 0 bridgehead atoms. The Morgan fingerprint density at radius 1 is 0.955 bits per heavy atom. The van der Waals surface area contributed by atoms with Gasteiger partial charge in [0, 0.05) is 5.56 Å². The predicted molar refractivity (Wildman–Crippen MR) is 173 cm³/mol. The number of hydrogen-bond donors (Lipinski definition) is 0. The van der Waals surface area contributed by atoms with Crippen molar-refractivity contribution in [1.29, 1.82) is 0 Å². The first kappa shape index (κ1) is 30.7. The molecule has 0 radical (unpaired) electrons. The summed E-state index contributed by atoms with van der Waals surface area (Å²) in [6.07, 6.45) is 5.69. The largest absolute Gasteiger partial charge is 0.486 e. The Balaban J connectivity index is 1.35. The Kier molecular flexibility index (Phi) is 8.76. The molecule has 44 heavy (non-hydrogen) atoms. The molecule has 6 nitrogen and oxygen atoms in total. The molecule has 2 fully saturated rings. The van der Waals surface area contributed by atoms with Gasteiger partial charge in [0.25, 0.3) is 5.91 Å². The molecule has 2 aliphatic carbocycles. The molecule has 2 saturated carbocycles. The zero-order valence-electron chi connectivity index (χ0n) is 25.4. The zero-order valence-corrected chi connectivity index (χ0v) is 26.9. The van der Waals surface area contributed by atoms with Crippen molar-refractivity contribution in [1.82, 2.24) is 4.90 Å². The van der Waals surface area contributed by atoms with Crippen LogP contribution in [0.25, 0.3) is 0 Å². The zero-order chi connectivity index (χ0) is 31.0. The van der Waals surface area contributed by atoms with Gasteiger partial charge in [-0.15, -0.1) is 0 Å². The normalized spacial score (nSPS) is 22.3. The van der Waals surface area contributed by atoms with Gasteiger partial charge < -0.3 is 14.4 Å². The third-order valence-corrected chi connectivity index (χ3v) is 10.0. The van der Waals surface area contributed by atoms with Crippen LogP contribution in [0.3, 0.4) is 0 Å². The average molecular weight is 634 g/mol. The van der Waals surface area contributed by atoms with Gasteiger partial charge in [-0.25, -0.2) is 4.79 Å². The molecule has 1 heterocycles. The lowest BCUT2D eigenvalue weighted by Crippen LogP contribution is -2.51. The third kappa shape index (κ3) is 5.99. The van der Waals surface area contributed by atoms with Gasteiger partial charge >= 0.3 is 5.97 Å². The fourth-order valence-corrected chi connectivity index (χ4v) is 7.45. The molecular formula is C36H38Cl2N2O4. The first-order valence-electron chi connectivity index (χ1n) is 15.5. The summed E-state index contributed by atoms with van der Waals surface area (Å²) < 4.78 is 10.9. The molecule has 1 unspecified atom stereocenters. The van der Waals surface area contributed by atoms with E-state index in [1.165, 1.54) is 7.11 Å². The van der Waals surface area contributed by atoms with Crippen molar-refractivity contribution in [2.24, 2.45) is 22.7 Å². The van der Waals surface area contributed by atoms with Gasteiger partial charge in [0.2, 0.25) is 0 Å². The van der Waals surface area contributed by atoms with Gasteiger partial charge in [0.1, 0.15) is 18.0 Å². The molecule has 1 amide bonds. The number of rotatable bonds is 9. The summed E-state index contributed by atoms with van der Waals surface area (Å²) in [5.41, 5.74) is 2.84. The number of ether oxygens (including phenoxy) is 2. The third-order valence-electron chi connectivity index (χ3n) is 9.48. The van der Waals surface area contributed by atoms with Crippen LogP contribution in [0.15, 0.2) is 71.7 Å². The van der Waals surface area contributed by atoms with E-state index >= 15 is 0 Å². The monoisotopic (exact) mass is 632 g/mol. The maximum absolute atomic E-state index is 14.6. The van der Waals surface area contributed by atoms with Gasteiger partial charge in [-0.3, -0.25) is 9.79 Å². The second-order valence-electron chi connectivity index (χ2n) is 12.6. The van der Waals surface area contributed by atoms with Gasteiger partial charge in [0.05, 0.1) is 28.8 Å². The highest BCUT2D eigenvalue weighted by Crippen LogP contribution is 2.53. The number of esters is 1. The van der Waals surface area contributed by atoms with E-state index in [1.807, 2.05) is 42.5 Å². The van der Waals surface area contributed by atoms with E-state index in [1.54, 1.807) is 24.3 Å². The van der Waals surface area contributed by atoms with Crippen LogP contribution < -0.4 is 4.74 Å². The van der Waals surface area contributed by atoms with Crippen LogP contribution in [0, 0.1) is 17.8 Å². The number of methoxy groups -OCH3 is 1. The lowest BCUT2D eigenvalue weighted by molar-refractivity contribution is -0.134. The molecule has 6 rings (SSSR count). The molecule has 0 aromatic heterocycles. The Labute approximate surface area is 269 Å². The molecule has 8 heteroatoms. The van der Waals surface area contributed by atoms with Gasteiger partial charge in [0.15, 0.2) is 5.75 Å². The summed E-state index contributed by atoms with van der Waals surface area (Å²) in [7, 11) is 1.38. The van der Waals surface area contributed by atoms with E-state index in [2.05, 4.69) is 18.7 Å². The highest BCUT2D eigenvalue weighted by molar-refractivity contribution is 6.48. The highest BCUT2D eigenvalue weighted by Gasteiger charge is 2.54. The Bertz CT molecular complexity index is 1540. The van der Waals surface area contributed by atoms with Crippen molar-refractivity contribution in [2.45, 2.75) is 70.7 Å². The fourth-order valence-electron chi connectivity index (χ4n) is 6.85. The summed E-state index contributed by atoms with van der Waals surface area (Å²) in [6.45, 7) is 4.87. The van der Waals surface area contributed by atoms with Crippen molar-refractivity contribution >= 4 is 40.8 Å². The van der Waals surface area contributed by atoms with E-state index in [0.717, 1.165) is 49.7 Å². The first-order chi connectivity index (χ1) is 21.2. The Hall–Kier alpha value is -3.35. The Morgan fingerprint density at radius 2 is 1.59 bits per heavy atom. The molecule has 0 N–H and O–H groups in total. The number of carbonyl (C=O) groups is 2. The van der Waals surface area contributed by atoms with Crippen LogP contribution in [0.2, 0.25) is 10.0 Å². The number of hydrogen-bond acceptors (Lipinski definition) is 5. The van der Waals surface area contributed by atoms with Crippen LogP contribution in [0.4, 0.5) is 0 Å². The second kappa shape index (κ2) is 12.6. The number of amides is 1. The van der Waals surface area contributed by atoms with Gasteiger partial charge in [-0.1, -0.05) is 79.5 Å². The predicted octanol–water partition coefficient (Wildman–Crippen LogP) is 8.68. The minimum absolute atomic E-state index is 0.105. The molecule has 1 aliphatic heterocycles. The Morgan fingerprint density at radius 3 is 2.16 bits per heavy atom. The van der Waals surface area contributed by atoms with Crippen LogP contribution in [0.5, 0.6) is 5.75 Å². The lowest BCUT2D eigenvalue weighted by atomic mass is 9.76. The number of benzene rings is 3. The van der Waals surface area contributed by atoms with Crippen LogP contribution in [0.1, 0.15) is 85.5 Å². The average Bonchev–Trinajstić information content (AvgIpc) is 3.83. The summed E-state index contributed by atoms with van der Waals surface area (Å²) in [4.78, 5) is 34.1. The first-order valence-corrected chi connectivity index (χ1v) is 16.2. The maximum atomic E-state index is 14.6. The van der Waals surface area contributed by atoms with E-state index < -0.39 is 5.66 Å². The van der Waals surface area contributed by atoms with Gasteiger partial charge in [-0.05, 0) is 91.7 Å². The highest BCUT2D eigenvalue weighted by atomic mass is 35.5. The van der Waals surface area contributed by atoms with Crippen LogP contribution in [-0.2, 0) is 16.1 Å². The lowest BCUT2D eigenvalue weighted by Gasteiger charge is -2.46. The fraction of sp³-hybridized carbons (Fsp3) is 0.417. The minimum Gasteiger partial charge on any atom is -0.486 e. The van der Waals surface area contributed by atoms with Crippen LogP contribution >= 0.6 is 23.2 Å². The van der Waals surface area contributed by atoms with E-state index in [4.69, 9.17) is 37.7 Å². The second-order valence-corrected chi connectivity index (χ2v) is 13.5. The van der Waals surface area contributed by atoms with Crippen molar-refractivity contribution in [3.63, 3.8) is 0 Å². The SMILES string of the molecule is COC(=O)c1ccc(C(C2CC2)N2C(=O)C(c3cc(Cl)c(OCc4ccccc4)c(Cl)c3)=NC23CCC(C(C)C)CC3)cc1. The molecule has 1 atom stereocenters. The van der Waals surface area contributed by atoms with Crippen LogP contribution in [-0.4, -0.2) is 35.3 Å². The van der Waals surface area contributed by atoms with E-state index in [0.29, 0.717) is 57.0 Å². The molecular weight excluding hydrogens is 595 g/mol. The standard InChI is InChI=1S/C36H38Cl2N2O4/c1-22(2)24-15-17-36(18-16-24)39-31(28-19-29(37)33(30(38)20-28)44-21-23-7-5-4-6-8-23)34(41)40(36)32(25-9-10-25)26-11-13-27(14-12-26)35(42)43-3/h4-8,11-14,19-20,22,24-25,32H,9-10,15-18,21H2,1-3H3. The molecule has 3 aliphatic rings. The molecule has 3 aromatic rings. The smallest absolute Gasteiger partial charge is 0.337 e. The number of carbonyl (C=O) groups excluding carboxylic acids is 2. The molecule has 0 saturated heterocycles. The van der Waals surface area contributed by atoms with Crippen molar-refractivity contribution < 1.29 is 19.1 Å². The summed E-state index contributed by atoms with van der Waals surface area (Å²) in [5, 5.41) is 0.680. The summed E-state index contributed by atoms with van der Waals surface area (Å²) in [6, 6.07) is 20.6. The van der Waals surface area contributed by atoms with Crippen molar-refractivity contribution in [3.8, 4) is 5.75 Å². The van der Waals surface area contributed by atoms with Crippen molar-refractivity contribution in [2.75, 3.05) is 7.11 Å². The number of aliphatic imine (C=N–C) groups is 1. The molecule has 3 aromatic carbocycles. The summed E-state index contributed by atoms with van der Waals surface area (Å²) in [5.74, 6) is 1.41. The molecule has 1 spiro atoms. The quantitative estimate of drug-likeness (QED) is 0.221. The minimum atomic E-state index is -0.645. The van der Waals surface area contributed by atoms with Gasteiger partial charge in [-0.2, -0.15) is 0 Å². The molecule has 230 valence electrons. The summed E-state index contributed by atoms with van der Waals surface area (Å²) >= 11 is 13.5. The van der Waals surface area contributed by atoms with E-state index in [-0.39, 0.29) is 17.9 Å². The van der Waals surface area contributed by atoms with Crippen molar-refractivity contribution in [3.05, 3.63) is 99.0 Å². The maximum Gasteiger partial charge on any atom is 0.337 e.